The fourth-order valence-electron chi connectivity index (χ4n) is 3.44. The van der Waals surface area contributed by atoms with Crippen LogP contribution in [0.3, 0.4) is 0 Å². The van der Waals surface area contributed by atoms with E-state index in [9.17, 15) is 9.59 Å². The van der Waals surface area contributed by atoms with Gasteiger partial charge >= 0.3 is 6.03 Å². The van der Waals surface area contributed by atoms with Crippen LogP contribution >= 0.6 is 23.2 Å². The number of hydrogen-bond donors (Lipinski definition) is 2. The smallest absolute Gasteiger partial charge is 0.321 e. The lowest BCUT2D eigenvalue weighted by Crippen LogP contribution is -2.42. The maximum absolute atomic E-state index is 12.4. The molecule has 5 nitrogen and oxygen atoms in total. The Labute approximate surface area is 181 Å². The number of rotatable bonds is 6. The third-order valence-corrected chi connectivity index (χ3v) is 5.59. The lowest BCUT2D eigenvalue weighted by molar-refractivity contribution is -0.122. The Balaban J connectivity index is 1.35. The van der Waals surface area contributed by atoms with Crippen molar-refractivity contribution < 1.29 is 9.59 Å². The zero-order valence-electron chi connectivity index (χ0n) is 16.2. The quantitative estimate of drug-likeness (QED) is 0.673. The van der Waals surface area contributed by atoms with Crippen LogP contribution in [0.2, 0.25) is 10.0 Å². The molecule has 0 bridgehead atoms. The summed E-state index contributed by atoms with van der Waals surface area (Å²) in [6.45, 7) is 1.91. The van der Waals surface area contributed by atoms with Crippen molar-refractivity contribution in [2.45, 2.75) is 25.7 Å². The molecule has 0 atom stereocenters. The van der Waals surface area contributed by atoms with Gasteiger partial charge in [0.1, 0.15) is 0 Å². The maximum Gasteiger partial charge on any atom is 0.321 e. The van der Waals surface area contributed by atoms with E-state index in [1.165, 1.54) is 0 Å². The zero-order valence-corrected chi connectivity index (χ0v) is 17.7. The van der Waals surface area contributed by atoms with Crippen molar-refractivity contribution in [3.63, 3.8) is 0 Å². The number of benzene rings is 2. The number of hydrogen-bond acceptors (Lipinski definition) is 2. The van der Waals surface area contributed by atoms with Gasteiger partial charge in [0.05, 0.1) is 0 Å². The first-order valence-electron chi connectivity index (χ1n) is 9.82. The molecule has 29 heavy (non-hydrogen) atoms. The molecule has 0 aromatic heterocycles. The number of likely N-dealkylation sites (tertiary alicyclic amines) is 1. The zero-order chi connectivity index (χ0) is 20.6. The minimum Gasteiger partial charge on any atom is -0.356 e. The summed E-state index contributed by atoms with van der Waals surface area (Å²) in [5.74, 6) is 0.376. The highest BCUT2D eigenvalue weighted by atomic mass is 35.5. The fraction of sp³-hybridized carbons (Fsp3) is 0.364. The normalized spacial score (nSPS) is 14.5. The minimum absolute atomic E-state index is 0.0702. The van der Waals surface area contributed by atoms with E-state index in [1.807, 2.05) is 30.3 Å². The number of amides is 3. The SMILES string of the molecule is O=C(CC1CCN(C(=O)Nc2cccc(Cl)c2)CC1)NCCc1ccc(Cl)cc1. The molecule has 2 aromatic carbocycles. The highest BCUT2D eigenvalue weighted by Gasteiger charge is 2.24. The Bertz CT molecular complexity index is 834. The predicted octanol–water partition coefficient (Wildman–Crippen LogP) is 4.99. The highest BCUT2D eigenvalue weighted by Crippen LogP contribution is 2.22. The first-order valence-corrected chi connectivity index (χ1v) is 10.6. The van der Waals surface area contributed by atoms with Crippen LogP contribution in [-0.2, 0) is 11.2 Å². The highest BCUT2D eigenvalue weighted by molar-refractivity contribution is 6.31. The minimum atomic E-state index is -0.127. The summed E-state index contributed by atoms with van der Waals surface area (Å²) >= 11 is 11.8. The van der Waals surface area contributed by atoms with Gasteiger partial charge in [0, 0.05) is 41.8 Å². The topological polar surface area (TPSA) is 61.4 Å². The first-order chi connectivity index (χ1) is 14.0. The molecule has 0 unspecified atom stereocenters. The molecule has 1 aliphatic heterocycles. The molecule has 7 heteroatoms. The van der Waals surface area contributed by atoms with Crippen LogP contribution in [0.5, 0.6) is 0 Å². The second kappa shape index (κ2) is 10.5. The molecule has 154 valence electrons. The number of halogens is 2. The third kappa shape index (κ3) is 6.94. The largest absolute Gasteiger partial charge is 0.356 e. The van der Waals surface area contributed by atoms with Gasteiger partial charge in [-0.25, -0.2) is 4.79 Å². The summed E-state index contributed by atoms with van der Waals surface area (Å²) in [4.78, 5) is 26.4. The Morgan fingerprint density at radius 2 is 1.72 bits per heavy atom. The molecular weight excluding hydrogens is 409 g/mol. The van der Waals surface area contributed by atoms with E-state index in [0.29, 0.717) is 47.7 Å². The Hall–Kier alpha value is -2.24. The van der Waals surface area contributed by atoms with Gasteiger partial charge in [-0.2, -0.15) is 0 Å². The number of nitrogens with one attached hydrogen (secondary N) is 2. The van der Waals surface area contributed by atoms with Gasteiger partial charge in [-0.1, -0.05) is 41.4 Å². The second-order valence-electron chi connectivity index (χ2n) is 7.30. The number of anilines is 1. The van der Waals surface area contributed by atoms with E-state index in [-0.39, 0.29) is 11.9 Å². The van der Waals surface area contributed by atoms with Crippen molar-refractivity contribution >= 4 is 40.8 Å². The van der Waals surface area contributed by atoms with Crippen molar-refractivity contribution in [2.75, 3.05) is 25.0 Å². The van der Waals surface area contributed by atoms with E-state index in [4.69, 9.17) is 23.2 Å². The van der Waals surface area contributed by atoms with Crippen LogP contribution < -0.4 is 10.6 Å². The van der Waals surface area contributed by atoms with Gasteiger partial charge in [0.2, 0.25) is 5.91 Å². The van der Waals surface area contributed by atoms with Gasteiger partial charge < -0.3 is 15.5 Å². The molecule has 1 aliphatic rings. The Morgan fingerprint density at radius 3 is 2.41 bits per heavy atom. The van der Waals surface area contributed by atoms with E-state index in [1.54, 1.807) is 23.1 Å². The summed E-state index contributed by atoms with van der Waals surface area (Å²) in [6.07, 6.45) is 2.94. The molecule has 1 fully saturated rings. The lowest BCUT2D eigenvalue weighted by Gasteiger charge is -2.31. The summed E-state index contributed by atoms with van der Waals surface area (Å²) in [7, 11) is 0. The molecule has 1 saturated heterocycles. The van der Waals surface area contributed by atoms with Gasteiger partial charge in [-0.05, 0) is 61.1 Å². The van der Waals surface area contributed by atoms with Crippen LogP contribution in [0, 0.1) is 5.92 Å². The number of urea groups is 1. The number of nitrogens with zero attached hydrogens (tertiary/aromatic N) is 1. The third-order valence-electron chi connectivity index (χ3n) is 5.10. The molecular formula is C22H25Cl2N3O2. The van der Waals surface area contributed by atoms with Crippen molar-refractivity contribution in [1.82, 2.24) is 10.2 Å². The molecule has 2 aromatic rings. The van der Waals surface area contributed by atoms with E-state index in [2.05, 4.69) is 10.6 Å². The van der Waals surface area contributed by atoms with Crippen molar-refractivity contribution in [3.8, 4) is 0 Å². The van der Waals surface area contributed by atoms with E-state index in [0.717, 1.165) is 24.8 Å². The average Bonchev–Trinajstić information content (AvgIpc) is 2.70. The lowest BCUT2D eigenvalue weighted by atomic mass is 9.93. The van der Waals surface area contributed by atoms with E-state index < -0.39 is 0 Å². The van der Waals surface area contributed by atoms with Gasteiger partial charge in [0.15, 0.2) is 0 Å². The molecule has 0 aliphatic carbocycles. The monoisotopic (exact) mass is 433 g/mol. The van der Waals surface area contributed by atoms with Crippen LogP contribution in [0.4, 0.5) is 10.5 Å². The number of carbonyl (C=O) groups is 2. The molecule has 0 spiro atoms. The second-order valence-corrected chi connectivity index (χ2v) is 8.17. The predicted molar refractivity (Wildman–Crippen MR) is 118 cm³/mol. The van der Waals surface area contributed by atoms with Crippen LogP contribution in [0.25, 0.3) is 0 Å². The summed E-state index contributed by atoms with van der Waals surface area (Å²) in [5.41, 5.74) is 1.83. The average molecular weight is 434 g/mol. The Kier molecular flexibility index (Phi) is 7.78. The molecule has 0 saturated carbocycles. The standard InChI is InChI=1S/C22H25Cl2N3O2/c23-18-6-4-16(5-7-18)8-11-25-21(28)14-17-9-12-27(13-10-17)22(29)26-20-3-1-2-19(24)15-20/h1-7,15,17H,8-14H2,(H,25,28)(H,26,29). The molecule has 1 heterocycles. The van der Waals surface area contributed by atoms with Crippen molar-refractivity contribution in [1.29, 1.82) is 0 Å². The van der Waals surface area contributed by atoms with Crippen LogP contribution in [0.15, 0.2) is 48.5 Å². The van der Waals surface area contributed by atoms with Gasteiger partial charge in [-0.3, -0.25) is 4.79 Å². The number of piperidine rings is 1. The summed E-state index contributed by atoms with van der Waals surface area (Å²) in [6, 6.07) is 14.6. The molecule has 0 radical (unpaired) electrons. The first kappa shape index (κ1) is 21.5. The molecule has 3 rings (SSSR count). The van der Waals surface area contributed by atoms with Crippen molar-refractivity contribution in [2.24, 2.45) is 5.92 Å². The Morgan fingerprint density at radius 1 is 1.00 bits per heavy atom. The molecule has 3 amide bonds. The van der Waals surface area contributed by atoms with Gasteiger partial charge in [0.25, 0.3) is 0 Å². The van der Waals surface area contributed by atoms with Gasteiger partial charge in [-0.15, -0.1) is 0 Å². The van der Waals surface area contributed by atoms with E-state index >= 15 is 0 Å². The van der Waals surface area contributed by atoms with Crippen LogP contribution in [0.1, 0.15) is 24.8 Å². The summed E-state index contributed by atoms with van der Waals surface area (Å²) in [5, 5.41) is 7.16. The maximum atomic E-state index is 12.4. The number of carbonyl (C=O) groups excluding carboxylic acids is 2. The van der Waals surface area contributed by atoms with Crippen molar-refractivity contribution in [3.05, 3.63) is 64.1 Å². The summed E-state index contributed by atoms with van der Waals surface area (Å²) < 4.78 is 0. The van der Waals surface area contributed by atoms with Crippen LogP contribution in [-0.4, -0.2) is 36.5 Å². The fourth-order valence-corrected chi connectivity index (χ4v) is 3.76. The molecule has 2 N–H and O–H groups in total.